The summed E-state index contributed by atoms with van der Waals surface area (Å²) in [5.41, 5.74) is 0.935. The van der Waals surface area contributed by atoms with E-state index in [4.69, 9.17) is 16.7 Å². The fraction of sp³-hybridized carbons (Fsp3) is 0.462. The predicted octanol–water partition coefficient (Wildman–Crippen LogP) is 2.00. The zero-order chi connectivity index (χ0) is 13.5. The largest absolute Gasteiger partial charge is 0.481 e. The third-order valence-corrected chi connectivity index (χ3v) is 2.88. The molecule has 1 unspecified atom stereocenters. The molecule has 1 rings (SSSR count). The third-order valence-electron chi connectivity index (χ3n) is 2.52. The number of hydrogen-bond acceptors (Lipinski definition) is 3. The first-order chi connectivity index (χ1) is 8.49. The lowest BCUT2D eigenvalue weighted by molar-refractivity contribution is -0.137. The number of halogens is 1. The van der Waals surface area contributed by atoms with Crippen LogP contribution in [-0.4, -0.2) is 40.3 Å². The average molecular weight is 272 g/mol. The van der Waals surface area contributed by atoms with E-state index in [-0.39, 0.29) is 6.42 Å². The number of carbonyl (C=O) groups is 1. The van der Waals surface area contributed by atoms with Crippen molar-refractivity contribution in [3.05, 3.63) is 34.9 Å². The minimum absolute atomic E-state index is 0.0528. The first-order valence-corrected chi connectivity index (χ1v) is 6.22. The molecule has 0 radical (unpaired) electrons. The van der Waals surface area contributed by atoms with Gasteiger partial charge in [-0.05, 0) is 18.6 Å². The molecule has 1 atom stereocenters. The predicted molar refractivity (Wildman–Crippen MR) is 70.7 cm³/mol. The van der Waals surface area contributed by atoms with Crippen LogP contribution in [0.1, 0.15) is 18.9 Å². The summed E-state index contributed by atoms with van der Waals surface area (Å²) in [6.07, 6.45) is -0.446. The molecule has 1 aromatic rings. The van der Waals surface area contributed by atoms with Crippen molar-refractivity contribution in [1.82, 2.24) is 4.90 Å². The first-order valence-electron chi connectivity index (χ1n) is 5.84. The second-order valence-electron chi connectivity index (χ2n) is 4.32. The van der Waals surface area contributed by atoms with Crippen LogP contribution in [0.5, 0.6) is 0 Å². The van der Waals surface area contributed by atoms with Gasteiger partial charge in [0, 0.05) is 24.7 Å². The van der Waals surface area contributed by atoms with Crippen molar-refractivity contribution in [2.75, 3.05) is 13.1 Å². The summed E-state index contributed by atoms with van der Waals surface area (Å²) in [5.74, 6) is -0.843. The minimum Gasteiger partial charge on any atom is -0.481 e. The second-order valence-corrected chi connectivity index (χ2v) is 4.73. The molecule has 2 N–H and O–H groups in total. The standard InChI is InChI=1S/C13H18ClNO3/c1-10(16)8-15(7-6-13(17)18)9-11-4-2-3-5-12(11)14/h2-5,10,16H,6-9H2,1H3,(H,17,18). The Kier molecular flexibility index (Phi) is 6.12. The number of aliphatic hydroxyl groups excluding tert-OH is 1. The quantitative estimate of drug-likeness (QED) is 0.796. The highest BCUT2D eigenvalue weighted by atomic mass is 35.5. The van der Waals surface area contributed by atoms with Gasteiger partial charge in [-0.2, -0.15) is 0 Å². The van der Waals surface area contributed by atoms with Crippen LogP contribution < -0.4 is 0 Å². The summed E-state index contributed by atoms with van der Waals surface area (Å²) < 4.78 is 0. The SMILES string of the molecule is CC(O)CN(CCC(=O)O)Cc1ccccc1Cl. The lowest BCUT2D eigenvalue weighted by Crippen LogP contribution is -2.32. The summed E-state index contributed by atoms with van der Waals surface area (Å²) in [6, 6.07) is 7.44. The van der Waals surface area contributed by atoms with Gasteiger partial charge in [-0.25, -0.2) is 0 Å². The van der Waals surface area contributed by atoms with Crippen LogP contribution in [-0.2, 0) is 11.3 Å². The lowest BCUT2D eigenvalue weighted by Gasteiger charge is -2.23. The van der Waals surface area contributed by atoms with Gasteiger partial charge in [0.2, 0.25) is 0 Å². The number of aliphatic hydroxyl groups is 1. The van der Waals surface area contributed by atoms with Gasteiger partial charge in [0.05, 0.1) is 12.5 Å². The van der Waals surface area contributed by atoms with Crippen LogP contribution in [0.2, 0.25) is 5.02 Å². The highest BCUT2D eigenvalue weighted by Crippen LogP contribution is 2.17. The van der Waals surface area contributed by atoms with Crippen molar-refractivity contribution in [2.24, 2.45) is 0 Å². The summed E-state index contributed by atoms with van der Waals surface area (Å²) >= 11 is 6.06. The van der Waals surface area contributed by atoms with Gasteiger partial charge in [-0.1, -0.05) is 29.8 Å². The fourth-order valence-corrected chi connectivity index (χ4v) is 1.93. The van der Waals surface area contributed by atoms with Crippen LogP contribution in [0.3, 0.4) is 0 Å². The van der Waals surface area contributed by atoms with Crippen molar-refractivity contribution in [3.63, 3.8) is 0 Å². The van der Waals surface area contributed by atoms with E-state index in [1.54, 1.807) is 13.0 Å². The van der Waals surface area contributed by atoms with Crippen LogP contribution in [0.25, 0.3) is 0 Å². The van der Waals surface area contributed by atoms with E-state index in [1.165, 1.54) is 0 Å². The van der Waals surface area contributed by atoms with Gasteiger partial charge in [0.15, 0.2) is 0 Å². The molecule has 0 bridgehead atoms. The van der Waals surface area contributed by atoms with E-state index in [2.05, 4.69) is 0 Å². The molecule has 0 saturated carbocycles. The Labute approximate surface area is 112 Å². The number of carboxylic acids is 1. The number of rotatable bonds is 7. The summed E-state index contributed by atoms with van der Waals surface area (Å²) in [4.78, 5) is 12.5. The van der Waals surface area contributed by atoms with E-state index in [1.807, 2.05) is 23.1 Å². The molecule has 5 heteroatoms. The Hall–Kier alpha value is -1.10. The lowest BCUT2D eigenvalue weighted by atomic mass is 10.2. The molecular formula is C13H18ClNO3. The van der Waals surface area contributed by atoms with E-state index >= 15 is 0 Å². The van der Waals surface area contributed by atoms with E-state index in [0.717, 1.165) is 5.56 Å². The highest BCUT2D eigenvalue weighted by Gasteiger charge is 2.12. The molecule has 0 heterocycles. The Balaban J connectivity index is 2.65. The van der Waals surface area contributed by atoms with Gasteiger partial charge in [0.25, 0.3) is 0 Å². The molecule has 0 aliphatic heterocycles. The van der Waals surface area contributed by atoms with Gasteiger partial charge >= 0.3 is 5.97 Å². The number of aliphatic carboxylic acids is 1. The van der Waals surface area contributed by atoms with Crippen molar-refractivity contribution in [1.29, 1.82) is 0 Å². The molecule has 0 aliphatic carbocycles. The molecular weight excluding hydrogens is 254 g/mol. The number of hydrogen-bond donors (Lipinski definition) is 2. The maximum Gasteiger partial charge on any atom is 0.304 e. The molecule has 0 saturated heterocycles. The van der Waals surface area contributed by atoms with Crippen LogP contribution in [0.4, 0.5) is 0 Å². The Morgan fingerprint density at radius 3 is 2.67 bits per heavy atom. The molecule has 0 aliphatic rings. The normalized spacial score (nSPS) is 12.7. The molecule has 0 amide bonds. The van der Waals surface area contributed by atoms with E-state index in [9.17, 15) is 9.90 Å². The smallest absolute Gasteiger partial charge is 0.304 e. The maximum absolute atomic E-state index is 10.6. The van der Waals surface area contributed by atoms with Gasteiger partial charge in [0.1, 0.15) is 0 Å². The van der Waals surface area contributed by atoms with Crippen LogP contribution in [0.15, 0.2) is 24.3 Å². The Bertz CT molecular complexity index is 396. The zero-order valence-electron chi connectivity index (χ0n) is 10.3. The zero-order valence-corrected chi connectivity index (χ0v) is 11.1. The maximum atomic E-state index is 10.6. The van der Waals surface area contributed by atoms with Gasteiger partial charge in [-0.15, -0.1) is 0 Å². The molecule has 0 spiro atoms. The molecule has 18 heavy (non-hydrogen) atoms. The third kappa shape index (κ3) is 5.49. The molecule has 1 aromatic carbocycles. The fourth-order valence-electron chi connectivity index (χ4n) is 1.73. The molecule has 100 valence electrons. The Morgan fingerprint density at radius 1 is 1.44 bits per heavy atom. The first kappa shape index (κ1) is 15.0. The van der Waals surface area contributed by atoms with Crippen molar-refractivity contribution in [3.8, 4) is 0 Å². The van der Waals surface area contributed by atoms with Crippen molar-refractivity contribution in [2.45, 2.75) is 26.0 Å². The van der Waals surface area contributed by atoms with Crippen LogP contribution >= 0.6 is 11.6 Å². The highest BCUT2D eigenvalue weighted by molar-refractivity contribution is 6.31. The topological polar surface area (TPSA) is 60.8 Å². The number of carboxylic acid groups (broad SMARTS) is 1. The van der Waals surface area contributed by atoms with Gasteiger partial charge < -0.3 is 10.2 Å². The van der Waals surface area contributed by atoms with Gasteiger partial charge in [-0.3, -0.25) is 9.69 Å². The summed E-state index contributed by atoms with van der Waals surface area (Å²) in [5, 5.41) is 18.8. The molecule has 0 aromatic heterocycles. The van der Waals surface area contributed by atoms with Crippen molar-refractivity contribution < 1.29 is 15.0 Å². The Morgan fingerprint density at radius 2 is 2.11 bits per heavy atom. The van der Waals surface area contributed by atoms with Crippen LogP contribution in [0, 0.1) is 0 Å². The monoisotopic (exact) mass is 271 g/mol. The minimum atomic E-state index is -0.843. The molecule has 0 fully saturated rings. The van der Waals surface area contributed by atoms with E-state index in [0.29, 0.717) is 24.7 Å². The molecule has 4 nitrogen and oxygen atoms in total. The second kappa shape index (κ2) is 7.36. The summed E-state index contributed by atoms with van der Waals surface area (Å²) in [6.45, 7) is 3.04. The average Bonchev–Trinajstić information content (AvgIpc) is 2.28. The number of benzene rings is 1. The van der Waals surface area contributed by atoms with E-state index < -0.39 is 12.1 Å². The number of nitrogens with zero attached hydrogens (tertiary/aromatic N) is 1. The van der Waals surface area contributed by atoms with Crippen molar-refractivity contribution >= 4 is 17.6 Å². The summed E-state index contributed by atoms with van der Waals surface area (Å²) in [7, 11) is 0.